The topological polar surface area (TPSA) is 112 Å². The van der Waals surface area contributed by atoms with Crippen molar-refractivity contribution in [2.45, 2.75) is 25.7 Å². The van der Waals surface area contributed by atoms with E-state index >= 15 is 0 Å². The van der Waals surface area contributed by atoms with Crippen molar-refractivity contribution >= 4 is 17.8 Å². The molecule has 1 aromatic carbocycles. The molecule has 0 saturated heterocycles. The van der Waals surface area contributed by atoms with Crippen molar-refractivity contribution in [2.24, 2.45) is 11.8 Å². The number of hydrogen-bond acceptors (Lipinski definition) is 7. The first kappa shape index (κ1) is 23.3. The zero-order chi connectivity index (χ0) is 22.1. The molecule has 9 heteroatoms. The lowest BCUT2D eigenvalue weighted by Gasteiger charge is -2.29. The molecule has 0 heterocycles. The minimum Gasteiger partial charge on any atom is -0.493 e. The molecule has 0 bridgehead atoms. The van der Waals surface area contributed by atoms with Gasteiger partial charge in [0.25, 0.3) is 5.91 Å². The molecule has 1 saturated carbocycles. The van der Waals surface area contributed by atoms with Crippen molar-refractivity contribution in [3.8, 4) is 17.2 Å². The Morgan fingerprint density at radius 1 is 0.933 bits per heavy atom. The van der Waals surface area contributed by atoms with Crippen LogP contribution in [0.15, 0.2) is 12.1 Å². The Balaban J connectivity index is 1.91. The Bertz CT molecular complexity index is 741. The van der Waals surface area contributed by atoms with Crippen LogP contribution >= 0.6 is 0 Å². The van der Waals surface area contributed by atoms with Gasteiger partial charge in [-0.2, -0.15) is 0 Å². The smallest absolute Gasteiger partial charge is 0.309 e. The molecule has 0 aromatic heterocycles. The van der Waals surface area contributed by atoms with Gasteiger partial charge in [0.1, 0.15) is 0 Å². The molecule has 2 amide bonds. The van der Waals surface area contributed by atoms with E-state index in [1.165, 1.54) is 40.6 Å². The molecule has 0 radical (unpaired) electrons. The molecule has 30 heavy (non-hydrogen) atoms. The van der Waals surface area contributed by atoms with Gasteiger partial charge < -0.3 is 29.6 Å². The van der Waals surface area contributed by atoms with E-state index in [-0.39, 0.29) is 35.8 Å². The molecule has 0 spiro atoms. The first-order valence-electron chi connectivity index (χ1n) is 9.87. The van der Waals surface area contributed by atoms with Gasteiger partial charge in [-0.05, 0) is 30.9 Å². The number of methoxy groups -OCH3 is 4. The number of rotatable bonds is 9. The molecule has 0 aliphatic heterocycles. The monoisotopic (exact) mass is 422 g/mol. The summed E-state index contributed by atoms with van der Waals surface area (Å²) in [6, 6.07) is 3.02. The van der Waals surface area contributed by atoms with Crippen molar-refractivity contribution in [1.82, 2.24) is 10.6 Å². The van der Waals surface area contributed by atoms with Crippen LogP contribution in [-0.2, 0) is 14.3 Å². The molecule has 2 atom stereocenters. The number of amides is 2. The highest BCUT2D eigenvalue weighted by Crippen LogP contribution is 2.38. The summed E-state index contributed by atoms with van der Waals surface area (Å²) >= 11 is 0. The average molecular weight is 422 g/mol. The van der Waals surface area contributed by atoms with Crippen LogP contribution in [0.25, 0.3) is 0 Å². The number of carbonyl (C=O) groups is 3. The number of hydrogen-bond donors (Lipinski definition) is 2. The molecule has 2 rings (SSSR count). The zero-order valence-electron chi connectivity index (χ0n) is 17.9. The first-order valence-corrected chi connectivity index (χ1v) is 9.87. The van der Waals surface area contributed by atoms with E-state index in [4.69, 9.17) is 18.9 Å². The molecule has 1 fully saturated rings. The maximum absolute atomic E-state index is 12.5. The molecule has 1 aliphatic rings. The number of carbonyl (C=O) groups excluding carboxylic acids is 3. The fourth-order valence-corrected chi connectivity index (χ4v) is 3.70. The molecular weight excluding hydrogens is 392 g/mol. The number of ether oxygens (including phenoxy) is 4. The minimum absolute atomic E-state index is 0.0426. The van der Waals surface area contributed by atoms with Gasteiger partial charge >= 0.3 is 5.97 Å². The standard InChI is InChI=1S/C21H30N2O7/c1-27-16-9-14(10-17(28-2)19(16)29-3)20(25)23-12-18(24)22-11-13-7-5-6-8-15(13)21(26)30-4/h9-10,13,15H,5-8,11-12H2,1-4H3,(H,22,24)(H,23,25). The predicted octanol–water partition coefficient (Wildman–Crippen LogP) is 1.54. The highest BCUT2D eigenvalue weighted by molar-refractivity contribution is 5.97. The predicted molar refractivity (Wildman–Crippen MR) is 109 cm³/mol. The fourth-order valence-electron chi connectivity index (χ4n) is 3.70. The van der Waals surface area contributed by atoms with Gasteiger partial charge in [-0.25, -0.2) is 0 Å². The van der Waals surface area contributed by atoms with E-state index in [0.717, 1.165) is 25.7 Å². The molecule has 166 valence electrons. The van der Waals surface area contributed by atoms with Gasteiger partial charge in [-0.3, -0.25) is 14.4 Å². The van der Waals surface area contributed by atoms with Crippen molar-refractivity contribution in [2.75, 3.05) is 41.5 Å². The number of benzene rings is 1. The van der Waals surface area contributed by atoms with Crippen LogP contribution in [-0.4, -0.2) is 59.3 Å². The van der Waals surface area contributed by atoms with Crippen LogP contribution < -0.4 is 24.8 Å². The van der Waals surface area contributed by atoms with Crippen molar-refractivity contribution in [3.63, 3.8) is 0 Å². The fraction of sp³-hybridized carbons (Fsp3) is 0.571. The molecule has 1 aliphatic carbocycles. The SMILES string of the molecule is COC(=O)C1CCCCC1CNC(=O)CNC(=O)c1cc(OC)c(OC)c(OC)c1. The van der Waals surface area contributed by atoms with Gasteiger partial charge in [0.2, 0.25) is 11.7 Å². The van der Waals surface area contributed by atoms with E-state index in [2.05, 4.69) is 10.6 Å². The second-order valence-electron chi connectivity index (χ2n) is 7.07. The third-order valence-electron chi connectivity index (χ3n) is 5.31. The van der Waals surface area contributed by atoms with Gasteiger partial charge in [0.15, 0.2) is 11.5 Å². The van der Waals surface area contributed by atoms with Crippen LogP contribution in [0.3, 0.4) is 0 Å². The molecule has 1 aromatic rings. The Hall–Kier alpha value is -2.97. The summed E-state index contributed by atoms with van der Waals surface area (Å²) in [6.45, 7) is 0.184. The van der Waals surface area contributed by atoms with Crippen molar-refractivity contribution in [3.05, 3.63) is 17.7 Å². The maximum atomic E-state index is 12.5. The lowest BCUT2D eigenvalue weighted by molar-refractivity contribution is -0.148. The van der Waals surface area contributed by atoms with Gasteiger partial charge in [-0.1, -0.05) is 12.8 Å². The largest absolute Gasteiger partial charge is 0.493 e. The Morgan fingerprint density at radius 3 is 2.13 bits per heavy atom. The molecule has 9 nitrogen and oxygen atoms in total. The Labute approximate surface area is 176 Å². The normalized spacial score (nSPS) is 18.1. The van der Waals surface area contributed by atoms with Crippen LogP contribution in [0.4, 0.5) is 0 Å². The quantitative estimate of drug-likeness (QED) is 0.581. The zero-order valence-corrected chi connectivity index (χ0v) is 17.9. The second kappa shape index (κ2) is 11.3. The summed E-state index contributed by atoms with van der Waals surface area (Å²) < 4.78 is 20.6. The summed E-state index contributed by atoms with van der Waals surface area (Å²) in [5, 5.41) is 5.38. The van der Waals surface area contributed by atoms with Gasteiger partial charge in [0, 0.05) is 12.1 Å². The molecule has 2 N–H and O–H groups in total. The van der Waals surface area contributed by atoms with Crippen LogP contribution in [0, 0.1) is 11.8 Å². The number of nitrogens with one attached hydrogen (secondary N) is 2. The second-order valence-corrected chi connectivity index (χ2v) is 7.07. The lowest BCUT2D eigenvalue weighted by Crippen LogP contribution is -2.42. The Kier molecular flexibility index (Phi) is 8.76. The molecular formula is C21H30N2O7. The van der Waals surface area contributed by atoms with E-state index in [9.17, 15) is 14.4 Å². The van der Waals surface area contributed by atoms with Gasteiger partial charge in [-0.15, -0.1) is 0 Å². The number of esters is 1. The van der Waals surface area contributed by atoms with E-state index in [1.54, 1.807) is 0 Å². The summed E-state index contributed by atoms with van der Waals surface area (Å²) in [7, 11) is 5.77. The maximum Gasteiger partial charge on any atom is 0.309 e. The summed E-state index contributed by atoms with van der Waals surface area (Å²) in [6.07, 6.45) is 3.63. The summed E-state index contributed by atoms with van der Waals surface area (Å²) in [5.74, 6) is -0.0971. The Morgan fingerprint density at radius 2 is 1.57 bits per heavy atom. The highest BCUT2D eigenvalue weighted by Gasteiger charge is 2.31. The summed E-state index contributed by atoms with van der Waals surface area (Å²) in [4.78, 5) is 36.6. The minimum atomic E-state index is -0.450. The van der Waals surface area contributed by atoms with E-state index in [1.807, 2.05) is 0 Å². The van der Waals surface area contributed by atoms with E-state index in [0.29, 0.717) is 23.8 Å². The average Bonchev–Trinajstić information content (AvgIpc) is 2.79. The lowest BCUT2D eigenvalue weighted by atomic mass is 9.79. The molecule has 2 unspecified atom stereocenters. The van der Waals surface area contributed by atoms with Crippen LogP contribution in [0.2, 0.25) is 0 Å². The van der Waals surface area contributed by atoms with Crippen LogP contribution in [0.1, 0.15) is 36.0 Å². The van der Waals surface area contributed by atoms with Crippen molar-refractivity contribution in [1.29, 1.82) is 0 Å². The van der Waals surface area contributed by atoms with Gasteiger partial charge in [0.05, 0.1) is 40.9 Å². The first-order chi connectivity index (χ1) is 14.4. The van der Waals surface area contributed by atoms with Crippen LogP contribution in [0.5, 0.6) is 17.2 Å². The third kappa shape index (κ3) is 5.77. The van der Waals surface area contributed by atoms with Crippen molar-refractivity contribution < 1.29 is 33.3 Å². The van der Waals surface area contributed by atoms with E-state index < -0.39 is 5.91 Å². The third-order valence-corrected chi connectivity index (χ3v) is 5.31. The summed E-state index contributed by atoms with van der Waals surface area (Å²) in [5.41, 5.74) is 0.273. The highest BCUT2D eigenvalue weighted by atomic mass is 16.5.